The van der Waals surface area contributed by atoms with E-state index in [4.69, 9.17) is 9.47 Å². The normalized spacial score (nSPS) is 24.4. The molecule has 2 aliphatic rings. The number of hydrazine groups is 1. The van der Waals surface area contributed by atoms with E-state index in [1.807, 2.05) is 6.92 Å². The van der Waals surface area contributed by atoms with Crippen LogP contribution in [0.5, 0.6) is 11.5 Å². The maximum Gasteiger partial charge on any atom is 0.429 e. The molecule has 2 aromatic rings. The fraction of sp³-hybridized carbons (Fsp3) is 0.227. The van der Waals surface area contributed by atoms with E-state index in [2.05, 4.69) is 10.9 Å². The van der Waals surface area contributed by atoms with Gasteiger partial charge in [-0.2, -0.15) is 5.21 Å². The largest absolute Gasteiger partial charge is 0.503 e. The number of quaternary nitrogens is 1. The summed E-state index contributed by atoms with van der Waals surface area (Å²) in [6.45, 7) is 1.82. The second-order valence-electron chi connectivity index (χ2n) is 7.65. The van der Waals surface area contributed by atoms with E-state index < -0.39 is 28.0 Å². The summed E-state index contributed by atoms with van der Waals surface area (Å²) in [5, 5.41) is 31.8. The van der Waals surface area contributed by atoms with Crippen LogP contribution in [0.2, 0.25) is 0 Å². The molecular formula is C22H22N3O8S+. The van der Waals surface area contributed by atoms with Crippen molar-refractivity contribution in [3.63, 3.8) is 0 Å². The molecule has 1 fully saturated rings. The number of amides is 3. The molecule has 2 heterocycles. The highest BCUT2D eigenvalue weighted by Gasteiger charge is 2.56. The number of thioether (sulfide) groups is 1. The van der Waals surface area contributed by atoms with Crippen LogP contribution in [0.4, 0.5) is 10.5 Å². The average molecular weight is 488 g/mol. The number of carbonyl (C=O) groups is 3. The fourth-order valence-corrected chi connectivity index (χ4v) is 4.76. The number of carbonyl (C=O) groups excluding carboxylic acids is 3. The minimum atomic E-state index is -1.93. The first kappa shape index (κ1) is 23.6. The van der Waals surface area contributed by atoms with Crippen molar-refractivity contribution in [2.45, 2.75) is 18.2 Å². The number of methoxy groups -OCH3 is 2. The third-order valence-corrected chi connectivity index (χ3v) is 6.68. The van der Waals surface area contributed by atoms with Crippen molar-refractivity contribution in [2.24, 2.45) is 0 Å². The monoisotopic (exact) mass is 488 g/mol. The maximum absolute atomic E-state index is 13.4. The van der Waals surface area contributed by atoms with Gasteiger partial charge in [-0.05, 0) is 28.4 Å². The van der Waals surface area contributed by atoms with Gasteiger partial charge in [0.05, 0.1) is 31.4 Å². The van der Waals surface area contributed by atoms with Crippen LogP contribution in [0, 0.1) is 0 Å². The molecule has 12 heteroatoms. The second-order valence-corrected chi connectivity index (χ2v) is 9.00. The van der Waals surface area contributed by atoms with Gasteiger partial charge in [-0.3, -0.25) is 10.2 Å². The lowest BCUT2D eigenvalue weighted by atomic mass is 9.96. The molecule has 2 aliphatic heterocycles. The van der Waals surface area contributed by atoms with Crippen molar-refractivity contribution in [1.82, 2.24) is 15.5 Å². The number of aliphatic hydroxyl groups is 2. The van der Waals surface area contributed by atoms with E-state index >= 15 is 0 Å². The molecule has 11 nitrogen and oxygen atoms in total. The van der Waals surface area contributed by atoms with Gasteiger partial charge in [0.2, 0.25) is 0 Å². The predicted octanol–water partition coefficient (Wildman–Crippen LogP) is 2.96. The Kier molecular flexibility index (Phi) is 6.00. The Balaban J connectivity index is 1.82. The van der Waals surface area contributed by atoms with Gasteiger partial charge in [0.25, 0.3) is 11.0 Å². The number of hydrogen-bond donors (Lipinski definition) is 5. The highest BCUT2D eigenvalue weighted by Crippen LogP contribution is 2.42. The first-order chi connectivity index (χ1) is 16.1. The Bertz CT molecular complexity index is 1250. The van der Waals surface area contributed by atoms with Gasteiger partial charge in [0.1, 0.15) is 0 Å². The number of nitrogens with one attached hydrogen (secondary N) is 2. The van der Waals surface area contributed by atoms with Crippen LogP contribution in [-0.2, 0) is 4.79 Å². The molecular weight excluding hydrogens is 466 g/mol. The highest BCUT2D eigenvalue weighted by molar-refractivity contribution is 8.14. The number of benzene rings is 2. The summed E-state index contributed by atoms with van der Waals surface area (Å²) < 4.78 is 8.41. The number of fused-ring (bicyclic) bond motifs is 1. The van der Waals surface area contributed by atoms with Gasteiger partial charge in [0, 0.05) is 17.4 Å². The number of nitrogens with zero attached hydrogens (tertiary/aromatic N) is 1. The molecule has 3 atom stereocenters. The Labute approximate surface area is 198 Å². The molecule has 0 aromatic heterocycles. The van der Waals surface area contributed by atoms with E-state index in [0.29, 0.717) is 11.3 Å². The number of hydrogen-bond acceptors (Lipinski definition) is 10. The van der Waals surface area contributed by atoms with Crippen LogP contribution in [-0.4, -0.2) is 51.9 Å². The maximum atomic E-state index is 13.4. The lowest BCUT2D eigenvalue weighted by Gasteiger charge is -2.32. The third-order valence-electron chi connectivity index (χ3n) is 5.72. The van der Waals surface area contributed by atoms with Crippen LogP contribution >= 0.6 is 11.8 Å². The van der Waals surface area contributed by atoms with Crippen LogP contribution < -0.4 is 25.0 Å². The Morgan fingerprint density at radius 3 is 2.38 bits per heavy atom. The Morgan fingerprint density at radius 2 is 1.74 bits per heavy atom. The smallest absolute Gasteiger partial charge is 0.429 e. The van der Waals surface area contributed by atoms with E-state index in [1.54, 1.807) is 6.07 Å². The summed E-state index contributed by atoms with van der Waals surface area (Å²) in [7, 11) is 2.78. The van der Waals surface area contributed by atoms with Gasteiger partial charge in [-0.15, -0.1) is 0 Å². The summed E-state index contributed by atoms with van der Waals surface area (Å²) in [6.07, 6.45) is 0. The molecule has 0 saturated carbocycles. The van der Waals surface area contributed by atoms with E-state index in [-0.39, 0.29) is 39.1 Å². The molecule has 0 spiro atoms. The zero-order valence-electron chi connectivity index (χ0n) is 18.4. The van der Waals surface area contributed by atoms with Gasteiger partial charge < -0.3 is 19.7 Å². The molecule has 0 aliphatic carbocycles. The van der Waals surface area contributed by atoms with Crippen molar-refractivity contribution in [2.75, 3.05) is 14.2 Å². The number of imide groups is 1. The van der Waals surface area contributed by atoms with Crippen molar-refractivity contribution < 1.29 is 39.3 Å². The van der Waals surface area contributed by atoms with Crippen molar-refractivity contribution in [1.29, 1.82) is 0 Å². The summed E-state index contributed by atoms with van der Waals surface area (Å²) in [5.41, 5.74) is 5.50. The zero-order valence-corrected chi connectivity index (χ0v) is 19.2. The molecule has 1 saturated heterocycles. The van der Waals surface area contributed by atoms with Crippen LogP contribution in [0.15, 0.2) is 42.2 Å². The average Bonchev–Trinajstić information content (AvgIpc) is 2.84. The third kappa shape index (κ3) is 3.56. The van der Waals surface area contributed by atoms with Crippen molar-refractivity contribution in [3.05, 3.63) is 58.8 Å². The van der Waals surface area contributed by atoms with Gasteiger partial charge >= 0.3 is 11.8 Å². The summed E-state index contributed by atoms with van der Waals surface area (Å²) >= 11 is 1.07. The Hall–Kier alpha value is -3.58. The number of ether oxygens (including phenoxy) is 2. The zero-order chi connectivity index (χ0) is 24.8. The fourth-order valence-electron chi connectivity index (χ4n) is 3.94. The SMILES string of the molecule is COc1ccc(C(=O)[N+]2(O)C(=O)C(O)=C(O)c3cc(C4NNC(=O)SC4C)ccc32)cc1OC. The van der Waals surface area contributed by atoms with Crippen LogP contribution in [0.1, 0.15) is 34.5 Å². The van der Waals surface area contributed by atoms with Crippen LogP contribution in [0.25, 0.3) is 5.76 Å². The molecule has 2 aromatic carbocycles. The topological polar surface area (TPSA) is 154 Å². The van der Waals surface area contributed by atoms with Gasteiger partial charge in [-0.1, -0.05) is 24.8 Å². The summed E-state index contributed by atoms with van der Waals surface area (Å²) in [4.78, 5) is 37.9. The minimum absolute atomic E-state index is 0.0978. The summed E-state index contributed by atoms with van der Waals surface area (Å²) in [5.74, 6) is -3.90. The van der Waals surface area contributed by atoms with Crippen molar-refractivity contribution >= 4 is 40.3 Å². The quantitative estimate of drug-likeness (QED) is 0.246. The van der Waals surface area contributed by atoms with Gasteiger partial charge in [-0.25, -0.2) is 15.0 Å². The molecule has 0 radical (unpaired) electrons. The molecule has 178 valence electrons. The van der Waals surface area contributed by atoms with E-state index in [9.17, 15) is 29.8 Å². The number of aliphatic hydroxyl groups excluding tert-OH is 2. The molecule has 0 bridgehead atoms. The van der Waals surface area contributed by atoms with E-state index in [0.717, 1.165) is 11.8 Å². The molecule has 5 N–H and O–H groups in total. The first-order valence-electron chi connectivity index (χ1n) is 10.1. The standard InChI is InChI=1S/C22H21N3O8S/c1-10-17(23-24-22(30)34-10)11-4-6-14-13(8-11)18(26)19(27)21(29)25(14,31)20(28)12-5-7-15(32-2)16(9-12)33-3/h4-10,17,23,31H,1-3H3,(H2-,24,26,27,29,30)/p+1. The van der Waals surface area contributed by atoms with Crippen LogP contribution in [0.3, 0.4) is 0 Å². The first-order valence-corrected chi connectivity index (χ1v) is 10.9. The highest BCUT2D eigenvalue weighted by atomic mass is 32.2. The van der Waals surface area contributed by atoms with Gasteiger partial charge in [0.15, 0.2) is 22.9 Å². The Morgan fingerprint density at radius 1 is 1.03 bits per heavy atom. The van der Waals surface area contributed by atoms with E-state index in [1.165, 1.54) is 44.6 Å². The molecule has 4 rings (SSSR count). The second kappa shape index (κ2) is 8.65. The number of rotatable bonds is 4. The molecule has 3 amide bonds. The summed E-state index contributed by atoms with van der Waals surface area (Å²) in [6, 6.07) is 7.99. The lowest BCUT2D eigenvalue weighted by molar-refractivity contribution is -0.150. The minimum Gasteiger partial charge on any atom is -0.503 e. The molecule has 34 heavy (non-hydrogen) atoms. The number of hydroxylamine groups is 2. The predicted molar refractivity (Wildman–Crippen MR) is 123 cm³/mol. The lowest BCUT2D eigenvalue weighted by Crippen LogP contribution is -2.58. The van der Waals surface area contributed by atoms with Crippen molar-refractivity contribution in [3.8, 4) is 11.5 Å². The molecule has 3 unspecified atom stereocenters.